The maximum atomic E-state index is 11.4. The van der Waals surface area contributed by atoms with E-state index in [9.17, 15) is 9.90 Å². The monoisotopic (exact) mass is 295 g/mol. The van der Waals surface area contributed by atoms with E-state index in [2.05, 4.69) is 36.5 Å². The normalized spacial score (nSPS) is 14.2. The van der Waals surface area contributed by atoms with Crippen LogP contribution in [0.2, 0.25) is 0 Å². The standard InChI is InChI=1S/C16H25NO2S/c1-12(2)17-16(4,15(18)19)10-5-11-20-14-8-6-13(3)7-9-14/h6-9,12,17H,5,10-11H2,1-4H3,(H,18,19). The van der Waals surface area contributed by atoms with Crippen molar-refractivity contribution < 1.29 is 9.90 Å². The van der Waals surface area contributed by atoms with Crippen molar-refractivity contribution in [2.75, 3.05) is 5.75 Å². The topological polar surface area (TPSA) is 49.3 Å². The van der Waals surface area contributed by atoms with Crippen molar-refractivity contribution in [3.8, 4) is 0 Å². The molecule has 1 aromatic carbocycles. The Labute approximate surface area is 126 Å². The van der Waals surface area contributed by atoms with Crippen LogP contribution in [-0.2, 0) is 4.79 Å². The lowest BCUT2D eigenvalue weighted by Gasteiger charge is -2.28. The molecule has 1 aromatic rings. The van der Waals surface area contributed by atoms with Crippen LogP contribution >= 0.6 is 11.8 Å². The highest BCUT2D eigenvalue weighted by molar-refractivity contribution is 7.99. The number of nitrogens with one attached hydrogen (secondary N) is 1. The quantitative estimate of drug-likeness (QED) is 0.567. The number of carboxylic acids is 1. The van der Waals surface area contributed by atoms with Crippen LogP contribution in [0.15, 0.2) is 29.2 Å². The van der Waals surface area contributed by atoms with Crippen molar-refractivity contribution in [2.45, 2.75) is 57.0 Å². The predicted octanol–water partition coefficient (Wildman–Crippen LogP) is 3.71. The molecule has 0 aliphatic heterocycles. The number of benzene rings is 1. The van der Waals surface area contributed by atoms with E-state index in [-0.39, 0.29) is 6.04 Å². The molecule has 0 aliphatic rings. The number of carbonyl (C=O) groups is 1. The lowest BCUT2D eigenvalue weighted by atomic mass is 9.95. The molecule has 20 heavy (non-hydrogen) atoms. The Morgan fingerprint density at radius 3 is 2.45 bits per heavy atom. The molecule has 0 amide bonds. The summed E-state index contributed by atoms with van der Waals surface area (Å²) in [4.78, 5) is 12.6. The Hall–Kier alpha value is -1.00. The van der Waals surface area contributed by atoms with Crippen molar-refractivity contribution >= 4 is 17.7 Å². The maximum Gasteiger partial charge on any atom is 0.323 e. The average Bonchev–Trinajstić information content (AvgIpc) is 2.36. The molecular weight excluding hydrogens is 270 g/mol. The summed E-state index contributed by atoms with van der Waals surface area (Å²) < 4.78 is 0. The van der Waals surface area contributed by atoms with Gasteiger partial charge < -0.3 is 5.11 Å². The Bertz CT molecular complexity index is 431. The van der Waals surface area contributed by atoms with Gasteiger partial charge in [-0.15, -0.1) is 11.8 Å². The molecule has 0 heterocycles. The Morgan fingerprint density at radius 1 is 1.35 bits per heavy atom. The van der Waals surface area contributed by atoms with Gasteiger partial charge in [0.15, 0.2) is 0 Å². The van der Waals surface area contributed by atoms with Gasteiger partial charge in [-0.2, -0.15) is 0 Å². The summed E-state index contributed by atoms with van der Waals surface area (Å²) in [6.07, 6.45) is 1.51. The van der Waals surface area contributed by atoms with Gasteiger partial charge in [0.25, 0.3) is 0 Å². The molecule has 1 unspecified atom stereocenters. The van der Waals surface area contributed by atoms with E-state index in [1.807, 2.05) is 13.8 Å². The number of hydrogen-bond donors (Lipinski definition) is 2. The molecule has 0 aromatic heterocycles. The van der Waals surface area contributed by atoms with Gasteiger partial charge in [-0.3, -0.25) is 10.1 Å². The van der Waals surface area contributed by atoms with Crippen LogP contribution in [0.5, 0.6) is 0 Å². The van der Waals surface area contributed by atoms with E-state index in [1.54, 1.807) is 18.7 Å². The highest BCUT2D eigenvalue weighted by Gasteiger charge is 2.32. The first kappa shape index (κ1) is 17.1. The van der Waals surface area contributed by atoms with Gasteiger partial charge in [0, 0.05) is 10.9 Å². The van der Waals surface area contributed by atoms with Gasteiger partial charge in [0.05, 0.1) is 0 Å². The second-order valence-electron chi connectivity index (χ2n) is 5.70. The van der Waals surface area contributed by atoms with Gasteiger partial charge >= 0.3 is 5.97 Å². The van der Waals surface area contributed by atoms with Gasteiger partial charge in [0.2, 0.25) is 0 Å². The van der Waals surface area contributed by atoms with Crippen molar-refractivity contribution in [3.05, 3.63) is 29.8 Å². The van der Waals surface area contributed by atoms with E-state index in [4.69, 9.17) is 0 Å². The van der Waals surface area contributed by atoms with Crippen molar-refractivity contribution in [1.29, 1.82) is 0 Å². The molecule has 0 saturated heterocycles. The van der Waals surface area contributed by atoms with Crippen molar-refractivity contribution in [3.63, 3.8) is 0 Å². The lowest BCUT2D eigenvalue weighted by Crippen LogP contribution is -2.52. The van der Waals surface area contributed by atoms with Crippen LogP contribution in [0.1, 0.15) is 39.2 Å². The zero-order chi connectivity index (χ0) is 15.2. The molecule has 3 nitrogen and oxygen atoms in total. The first-order valence-electron chi connectivity index (χ1n) is 7.04. The Morgan fingerprint density at radius 2 is 1.95 bits per heavy atom. The summed E-state index contributed by atoms with van der Waals surface area (Å²) in [7, 11) is 0. The van der Waals surface area contributed by atoms with E-state index in [0.717, 1.165) is 12.2 Å². The molecule has 0 aliphatic carbocycles. The molecule has 2 N–H and O–H groups in total. The van der Waals surface area contributed by atoms with Crippen molar-refractivity contribution in [2.24, 2.45) is 0 Å². The summed E-state index contributed by atoms with van der Waals surface area (Å²) in [5.41, 5.74) is 0.427. The van der Waals surface area contributed by atoms with Gasteiger partial charge in [0.1, 0.15) is 5.54 Å². The van der Waals surface area contributed by atoms with E-state index in [0.29, 0.717) is 6.42 Å². The van der Waals surface area contributed by atoms with Crippen LogP contribution in [0.3, 0.4) is 0 Å². The largest absolute Gasteiger partial charge is 0.480 e. The molecule has 1 rings (SSSR count). The Kier molecular flexibility index (Phi) is 6.56. The number of aryl methyl sites for hydroxylation is 1. The van der Waals surface area contributed by atoms with E-state index >= 15 is 0 Å². The summed E-state index contributed by atoms with van der Waals surface area (Å²) >= 11 is 1.78. The second-order valence-corrected chi connectivity index (χ2v) is 6.87. The van der Waals surface area contributed by atoms with Crippen LogP contribution in [0.4, 0.5) is 0 Å². The van der Waals surface area contributed by atoms with Gasteiger partial charge in [-0.25, -0.2) is 0 Å². The van der Waals surface area contributed by atoms with Gasteiger partial charge in [-0.05, 0) is 58.4 Å². The molecule has 112 valence electrons. The molecule has 0 saturated carbocycles. The minimum atomic E-state index is -0.831. The molecule has 0 spiro atoms. The minimum Gasteiger partial charge on any atom is -0.480 e. The number of aliphatic carboxylic acids is 1. The summed E-state index contributed by atoms with van der Waals surface area (Å²) in [6.45, 7) is 7.79. The lowest BCUT2D eigenvalue weighted by molar-refractivity contribution is -0.144. The summed E-state index contributed by atoms with van der Waals surface area (Å²) in [6, 6.07) is 8.60. The maximum absolute atomic E-state index is 11.4. The third-order valence-corrected chi connectivity index (χ3v) is 4.29. The molecule has 4 heteroatoms. The summed E-state index contributed by atoms with van der Waals surface area (Å²) in [5, 5.41) is 12.5. The number of carboxylic acid groups (broad SMARTS) is 1. The first-order chi connectivity index (χ1) is 9.33. The number of rotatable bonds is 8. The van der Waals surface area contributed by atoms with Crippen LogP contribution in [-0.4, -0.2) is 28.4 Å². The molecule has 0 radical (unpaired) electrons. The summed E-state index contributed by atoms with van der Waals surface area (Å²) in [5.74, 6) is 0.164. The fraction of sp³-hybridized carbons (Fsp3) is 0.562. The molecule has 1 atom stereocenters. The average molecular weight is 295 g/mol. The SMILES string of the molecule is Cc1ccc(SCCCC(C)(NC(C)C)C(=O)O)cc1. The van der Waals surface area contributed by atoms with Crippen molar-refractivity contribution in [1.82, 2.24) is 5.32 Å². The fourth-order valence-electron chi connectivity index (χ4n) is 2.13. The number of thioether (sulfide) groups is 1. The highest BCUT2D eigenvalue weighted by atomic mass is 32.2. The molecule has 0 bridgehead atoms. The van der Waals surface area contributed by atoms with Crippen LogP contribution < -0.4 is 5.32 Å². The molecule has 0 fully saturated rings. The third kappa shape index (κ3) is 5.55. The first-order valence-corrected chi connectivity index (χ1v) is 8.02. The zero-order valence-corrected chi connectivity index (χ0v) is 13.6. The zero-order valence-electron chi connectivity index (χ0n) is 12.8. The third-order valence-electron chi connectivity index (χ3n) is 3.19. The van der Waals surface area contributed by atoms with E-state index in [1.165, 1.54) is 10.5 Å². The van der Waals surface area contributed by atoms with E-state index < -0.39 is 11.5 Å². The molecular formula is C16H25NO2S. The predicted molar refractivity (Wildman–Crippen MR) is 85.4 cm³/mol. The fourth-order valence-corrected chi connectivity index (χ4v) is 2.98. The van der Waals surface area contributed by atoms with Gasteiger partial charge in [-0.1, -0.05) is 17.7 Å². The number of hydrogen-bond acceptors (Lipinski definition) is 3. The van der Waals surface area contributed by atoms with Crippen LogP contribution in [0.25, 0.3) is 0 Å². The second kappa shape index (κ2) is 7.70. The smallest absolute Gasteiger partial charge is 0.323 e. The minimum absolute atomic E-state index is 0.167. The Balaban J connectivity index is 2.41. The highest BCUT2D eigenvalue weighted by Crippen LogP contribution is 2.22. The van der Waals surface area contributed by atoms with Crippen LogP contribution in [0, 0.1) is 6.92 Å².